The molecule has 0 unspecified atom stereocenters. The molecule has 1 heterocycles. The summed E-state index contributed by atoms with van der Waals surface area (Å²) in [6.45, 7) is 1.96. The highest BCUT2D eigenvalue weighted by Crippen LogP contribution is 2.25. The van der Waals surface area contributed by atoms with Crippen LogP contribution in [0, 0.1) is 0 Å². The van der Waals surface area contributed by atoms with Gasteiger partial charge in [0.25, 0.3) is 0 Å². The van der Waals surface area contributed by atoms with E-state index in [9.17, 15) is 4.79 Å². The minimum absolute atomic E-state index is 0.200. The first kappa shape index (κ1) is 13.6. The van der Waals surface area contributed by atoms with Crippen molar-refractivity contribution in [3.63, 3.8) is 0 Å². The molecular weight excluding hydrogens is 262 g/mol. The molecule has 0 spiro atoms. The maximum absolute atomic E-state index is 12.1. The summed E-state index contributed by atoms with van der Waals surface area (Å²) in [5, 5.41) is 5.81. The number of amides is 2. The van der Waals surface area contributed by atoms with Crippen LogP contribution in [0.1, 0.15) is 11.1 Å². The summed E-state index contributed by atoms with van der Waals surface area (Å²) < 4.78 is 0. The highest BCUT2D eigenvalue weighted by molar-refractivity contribution is 6.00. The molecule has 0 saturated heterocycles. The second kappa shape index (κ2) is 5.97. The van der Waals surface area contributed by atoms with Gasteiger partial charge in [0, 0.05) is 24.5 Å². The molecule has 0 aliphatic carbocycles. The predicted molar refractivity (Wildman–Crippen MR) is 85.6 cm³/mol. The molecule has 0 bridgehead atoms. The maximum atomic E-state index is 12.1. The summed E-state index contributed by atoms with van der Waals surface area (Å²) in [4.78, 5) is 14.4. The average Bonchev–Trinajstić information content (AvgIpc) is 2.48. The number of rotatable bonds is 2. The number of benzene rings is 2. The number of carbonyl (C=O) groups excluding carboxylic acids is 1. The van der Waals surface area contributed by atoms with Crippen molar-refractivity contribution in [3.8, 4) is 0 Å². The van der Waals surface area contributed by atoms with Crippen molar-refractivity contribution in [1.82, 2.24) is 4.90 Å². The monoisotopic (exact) mass is 281 g/mol. The first-order chi connectivity index (χ1) is 10.2. The van der Waals surface area contributed by atoms with E-state index in [1.807, 2.05) is 42.5 Å². The van der Waals surface area contributed by atoms with Crippen LogP contribution in [-0.2, 0) is 13.0 Å². The lowest BCUT2D eigenvalue weighted by atomic mass is 9.98. The Hall–Kier alpha value is -2.33. The first-order valence-corrected chi connectivity index (χ1v) is 7.15. The Kier molecular flexibility index (Phi) is 3.88. The molecule has 0 saturated carbocycles. The average molecular weight is 281 g/mol. The Bertz CT molecular complexity index is 640. The lowest BCUT2D eigenvalue weighted by molar-refractivity contribution is 0.262. The topological polar surface area (TPSA) is 44.4 Å². The zero-order valence-electron chi connectivity index (χ0n) is 12.1. The Labute approximate surface area is 124 Å². The van der Waals surface area contributed by atoms with E-state index < -0.39 is 0 Å². The van der Waals surface area contributed by atoms with Gasteiger partial charge in [0.15, 0.2) is 0 Å². The number of para-hydroxylation sites is 1. The van der Waals surface area contributed by atoms with Crippen LogP contribution in [-0.4, -0.2) is 24.5 Å². The van der Waals surface area contributed by atoms with Crippen molar-refractivity contribution in [2.75, 3.05) is 24.2 Å². The summed E-state index contributed by atoms with van der Waals surface area (Å²) in [7, 11) is 2.12. The molecule has 4 heteroatoms. The highest BCUT2D eigenvalue weighted by Gasteiger charge is 2.17. The Morgan fingerprint density at radius 2 is 1.86 bits per heavy atom. The second-order valence-electron chi connectivity index (χ2n) is 5.38. The van der Waals surface area contributed by atoms with E-state index in [0.29, 0.717) is 0 Å². The van der Waals surface area contributed by atoms with E-state index in [2.05, 4.69) is 28.6 Å². The van der Waals surface area contributed by atoms with Gasteiger partial charge in [0.1, 0.15) is 0 Å². The highest BCUT2D eigenvalue weighted by atomic mass is 16.2. The Morgan fingerprint density at radius 3 is 2.67 bits per heavy atom. The standard InChI is InChI=1S/C17H19N3O/c1-20-11-10-15-13(12-20)6-5-9-16(15)19-17(21)18-14-7-3-2-4-8-14/h2-9H,10-12H2,1H3,(H2,18,19,21). The van der Waals surface area contributed by atoms with Crippen molar-refractivity contribution in [3.05, 3.63) is 59.7 Å². The molecule has 3 rings (SSSR count). The number of hydrogen-bond donors (Lipinski definition) is 2. The largest absolute Gasteiger partial charge is 0.323 e. The van der Waals surface area contributed by atoms with Gasteiger partial charge in [0.2, 0.25) is 0 Å². The summed E-state index contributed by atoms with van der Waals surface area (Å²) in [5.74, 6) is 0. The van der Waals surface area contributed by atoms with E-state index in [1.54, 1.807) is 0 Å². The van der Waals surface area contributed by atoms with Crippen LogP contribution in [0.3, 0.4) is 0 Å². The van der Waals surface area contributed by atoms with E-state index >= 15 is 0 Å². The molecule has 2 N–H and O–H groups in total. The van der Waals surface area contributed by atoms with Gasteiger partial charge in [-0.1, -0.05) is 30.3 Å². The van der Waals surface area contributed by atoms with Gasteiger partial charge in [-0.25, -0.2) is 4.79 Å². The Morgan fingerprint density at radius 1 is 1.05 bits per heavy atom. The summed E-state index contributed by atoms with van der Waals surface area (Å²) in [6.07, 6.45) is 0.966. The molecule has 0 aromatic heterocycles. The summed E-state index contributed by atoms with van der Waals surface area (Å²) >= 11 is 0. The molecule has 21 heavy (non-hydrogen) atoms. The maximum Gasteiger partial charge on any atom is 0.323 e. The number of nitrogens with one attached hydrogen (secondary N) is 2. The lowest BCUT2D eigenvalue weighted by Crippen LogP contribution is -2.28. The number of anilines is 2. The van der Waals surface area contributed by atoms with Crippen LogP contribution in [0.15, 0.2) is 48.5 Å². The van der Waals surface area contributed by atoms with Crippen molar-refractivity contribution >= 4 is 17.4 Å². The van der Waals surface area contributed by atoms with Crippen molar-refractivity contribution in [2.45, 2.75) is 13.0 Å². The zero-order chi connectivity index (χ0) is 14.7. The smallest absolute Gasteiger partial charge is 0.308 e. The van der Waals surface area contributed by atoms with Gasteiger partial charge in [-0.3, -0.25) is 0 Å². The molecule has 0 radical (unpaired) electrons. The molecular formula is C17H19N3O. The van der Waals surface area contributed by atoms with Gasteiger partial charge in [0.05, 0.1) is 0 Å². The number of likely N-dealkylation sites (N-methyl/N-ethyl adjacent to an activating group) is 1. The third-order valence-corrected chi connectivity index (χ3v) is 3.74. The van der Waals surface area contributed by atoms with Gasteiger partial charge in [-0.05, 0) is 42.8 Å². The molecule has 1 aliphatic heterocycles. The number of hydrogen-bond acceptors (Lipinski definition) is 2. The fourth-order valence-electron chi connectivity index (χ4n) is 2.67. The van der Waals surface area contributed by atoms with Crippen LogP contribution in [0.5, 0.6) is 0 Å². The summed E-state index contributed by atoms with van der Waals surface area (Å²) in [5.41, 5.74) is 4.24. The fraction of sp³-hybridized carbons (Fsp3) is 0.235. The van der Waals surface area contributed by atoms with Gasteiger partial charge < -0.3 is 15.5 Å². The van der Waals surface area contributed by atoms with Gasteiger partial charge >= 0.3 is 6.03 Å². The minimum Gasteiger partial charge on any atom is -0.308 e. The molecule has 0 atom stereocenters. The predicted octanol–water partition coefficient (Wildman–Crippen LogP) is 3.32. The lowest BCUT2D eigenvalue weighted by Gasteiger charge is -2.26. The molecule has 108 valence electrons. The van der Waals surface area contributed by atoms with Gasteiger partial charge in [-0.15, -0.1) is 0 Å². The van der Waals surface area contributed by atoms with E-state index in [4.69, 9.17) is 0 Å². The molecule has 2 aromatic rings. The van der Waals surface area contributed by atoms with Crippen LogP contribution in [0.25, 0.3) is 0 Å². The quantitative estimate of drug-likeness (QED) is 0.887. The number of urea groups is 1. The van der Waals surface area contributed by atoms with Crippen LogP contribution >= 0.6 is 0 Å². The number of fused-ring (bicyclic) bond motifs is 1. The van der Waals surface area contributed by atoms with Crippen LogP contribution in [0.2, 0.25) is 0 Å². The van der Waals surface area contributed by atoms with Crippen molar-refractivity contribution < 1.29 is 4.79 Å². The Balaban J connectivity index is 1.73. The minimum atomic E-state index is -0.200. The normalized spacial score (nSPS) is 14.3. The SMILES string of the molecule is CN1CCc2c(cccc2NC(=O)Nc2ccccc2)C1. The number of carbonyl (C=O) groups is 1. The third-order valence-electron chi connectivity index (χ3n) is 3.74. The third kappa shape index (κ3) is 3.23. The molecule has 2 amide bonds. The second-order valence-corrected chi connectivity index (χ2v) is 5.38. The molecule has 4 nitrogen and oxygen atoms in total. The van der Waals surface area contributed by atoms with E-state index in [0.717, 1.165) is 30.9 Å². The first-order valence-electron chi connectivity index (χ1n) is 7.15. The fourth-order valence-corrected chi connectivity index (χ4v) is 2.67. The number of nitrogens with zero attached hydrogens (tertiary/aromatic N) is 1. The van der Waals surface area contributed by atoms with E-state index in [1.165, 1.54) is 11.1 Å². The van der Waals surface area contributed by atoms with Gasteiger partial charge in [-0.2, -0.15) is 0 Å². The molecule has 2 aromatic carbocycles. The van der Waals surface area contributed by atoms with Crippen molar-refractivity contribution in [1.29, 1.82) is 0 Å². The van der Waals surface area contributed by atoms with Crippen LogP contribution < -0.4 is 10.6 Å². The molecule has 1 aliphatic rings. The van der Waals surface area contributed by atoms with Crippen molar-refractivity contribution in [2.24, 2.45) is 0 Å². The van der Waals surface area contributed by atoms with Crippen LogP contribution in [0.4, 0.5) is 16.2 Å². The summed E-state index contributed by atoms with van der Waals surface area (Å²) in [6, 6.07) is 15.4. The zero-order valence-corrected chi connectivity index (χ0v) is 12.1. The van der Waals surface area contributed by atoms with E-state index in [-0.39, 0.29) is 6.03 Å². The molecule has 0 fully saturated rings.